The molecule has 0 amide bonds. The Kier molecular flexibility index (Phi) is 2.32. The summed E-state index contributed by atoms with van der Waals surface area (Å²) in [5, 5.41) is 0. The summed E-state index contributed by atoms with van der Waals surface area (Å²) >= 11 is 0. The van der Waals surface area contributed by atoms with Crippen LogP contribution < -0.4 is 0 Å². The molecule has 0 unspecified atom stereocenters. The topological polar surface area (TPSA) is 44.8 Å². The highest BCUT2D eigenvalue weighted by Gasteiger charge is 2.67. The summed E-state index contributed by atoms with van der Waals surface area (Å²) in [4.78, 5) is 12.9. The summed E-state index contributed by atoms with van der Waals surface area (Å²) in [7, 11) is 0. The first-order valence-corrected chi connectivity index (χ1v) is 7.53. The summed E-state index contributed by atoms with van der Waals surface area (Å²) in [5.41, 5.74) is 1.83. The molecule has 4 aliphatic rings. The number of ketones is 1. The molecule has 0 radical (unpaired) electrons. The van der Waals surface area contributed by atoms with Crippen molar-refractivity contribution in [2.24, 2.45) is 11.8 Å². The summed E-state index contributed by atoms with van der Waals surface area (Å²) in [6.45, 7) is 1.19. The number of fused-ring (bicyclic) bond motifs is 6. The molecule has 108 valence electrons. The van der Waals surface area contributed by atoms with Crippen molar-refractivity contribution >= 4 is 11.4 Å². The molecule has 21 heavy (non-hydrogen) atoms. The van der Waals surface area contributed by atoms with Crippen molar-refractivity contribution in [3.63, 3.8) is 0 Å². The molecule has 4 nitrogen and oxygen atoms in total. The molecule has 3 saturated heterocycles. The van der Waals surface area contributed by atoms with E-state index in [4.69, 9.17) is 14.2 Å². The molecule has 4 heteroatoms. The Labute approximate surface area is 122 Å². The van der Waals surface area contributed by atoms with Crippen molar-refractivity contribution in [3.8, 4) is 0 Å². The van der Waals surface area contributed by atoms with E-state index in [0.717, 1.165) is 17.6 Å². The Morgan fingerprint density at radius 3 is 2.62 bits per heavy atom. The van der Waals surface area contributed by atoms with E-state index < -0.39 is 5.79 Å². The fourth-order valence-corrected chi connectivity index (χ4v) is 4.34. The zero-order valence-corrected chi connectivity index (χ0v) is 11.5. The van der Waals surface area contributed by atoms with Crippen LogP contribution in [0.4, 0.5) is 0 Å². The van der Waals surface area contributed by atoms with Gasteiger partial charge in [0.05, 0.1) is 25.2 Å². The van der Waals surface area contributed by atoms with Gasteiger partial charge in [0.2, 0.25) is 0 Å². The van der Waals surface area contributed by atoms with E-state index in [9.17, 15) is 4.79 Å². The first-order chi connectivity index (χ1) is 10.3. The number of Topliss-reactive ketones (excluding diaryl/α,β-unsaturated/α-hetero) is 1. The van der Waals surface area contributed by atoms with Gasteiger partial charge in [0.15, 0.2) is 11.6 Å². The van der Waals surface area contributed by atoms with Crippen LogP contribution >= 0.6 is 0 Å². The predicted molar refractivity (Wildman–Crippen MR) is 74.3 cm³/mol. The van der Waals surface area contributed by atoms with E-state index in [0.29, 0.717) is 13.2 Å². The van der Waals surface area contributed by atoms with Crippen molar-refractivity contribution in [3.05, 3.63) is 42.0 Å². The number of rotatable bonds is 1. The Balaban J connectivity index is 1.52. The molecule has 5 rings (SSSR count). The van der Waals surface area contributed by atoms with E-state index in [1.807, 2.05) is 30.3 Å². The quantitative estimate of drug-likeness (QED) is 0.789. The van der Waals surface area contributed by atoms with E-state index in [-0.39, 0.29) is 29.8 Å². The van der Waals surface area contributed by atoms with Gasteiger partial charge in [0.25, 0.3) is 0 Å². The maximum absolute atomic E-state index is 12.9. The van der Waals surface area contributed by atoms with Crippen LogP contribution in [0.3, 0.4) is 0 Å². The minimum absolute atomic E-state index is 0.0447. The smallest absolute Gasteiger partial charge is 0.198 e. The largest absolute Gasteiger partial charge is 0.368 e. The first kappa shape index (κ1) is 12.1. The lowest BCUT2D eigenvalue weighted by Crippen LogP contribution is -2.49. The molecule has 1 spiro atoms. The number of benzene rings is 1. The molecule has 3 fully saturated rings. The summed E-state index contributed by atoms with van der Waals surface area (Å²) in [6, 6.07) is 9.88. The number of carbonyl (C=O) groups excluding carboxylic acids is 1. The van der Waals surface area contributed by atoms with Gasteiger partial charge >= 0.3 is 0 Å². The molecule has 0 saturated carbocycles. The fourth-order valence-electron chi connectivity index (χ4n) is 4.34. The number of hydrogen-bond acceptors (Lipinski definition) is 4. The van der Waals surface area contributed by atoms with Crippen LogP contribution in [0.5, 0.6) is 0 Å². The van der Waals surface area contributed by atoms with Gasteiger partial charge in [-0.15, -0.1) is 0 Å². The van der Waals surface area contributed by atoms with Crippen molar-refractivity contribution in [1.82, 2.24) is 0 Å². The Morgan fingerprint density at radius 1 is 1.10 bits per heavy atom. The summed E-state index contributed by atoms with van der Waals surface area (Å²) in [6.07, 6.45) is 2.64. The van der Waals surface area contributed by atoms with Gasteiger partial charge in [0, 0.05) is 17.9 Å². The van der Waals surface area contributed by atoms with Gasteiger partial charge in [-0.25, -0.2) is 0 Å². The molecular weight excluding hydrogens is 268 g/mol. The van der Waals surface area contributed by atoms with Gasteiger partial charge in [-0.05, 0) is 5.56 Å². The zero-order chi connectivity index (χ0) is 14.0. The van der Waals surface area contributed by atoms with Crippen LogP contribution in [-0.4, -0.2) is 37.0 Å². The molecule has 0 N–H and O–H groups in total. The van der Waals surface area contributed by atoms with Gasteiger partial charge in [0.1, 0.15) is 6.10 Å². The highest BCUT2D eigenvalue weighted by molar-refractivity contribution is 6.24. The Hall–Kier alpha value is -1.49. The molecule has 3 aliphatic heterocycles. The van der Waals surface area contributed by atoms with Crippen LogP contribution in [-0.2, 0) is 19.0 Å². The third-order valence-electron chi connectivity index (χ3n) is 5.20. The number of ether oxygens (including phenoxy) is 3. The molecule has 1 aromatic carbocycles. The molecule has 1 aromatic rings. The lowest BCUT2D eigenvalue weighted by molar-refractivity contribution is -0.199. The zero-order valence-electron chi connectivity index (χ0n) is 11.5. The third kappa shape index (κ3) is 1.47. The highest BCUT2D eigenvalue weighted by atomic mass is 16.8. The highest BCUT2D eigenvalue weighted by Crippen LogP contribution is 2.56. The standard InChI is InChI=1S/C17H16O4/c18-15-11(10-4-2-1-3-5-10)8-12-13-9-17(19-6-7-20-17)16(21-13)14(12)15/h1-5,8,12-14,16H,6-7,9H2/t12-,13-,14+,16-/m1/s1. The fraction of sp³-hybridized carbons (Fsp3) is 0.471. The minimum Gasteiger partial charge on any atom is -0.368 e. The van der Waals surface area contributed by atoms with Gasteiger partial charge in [-0.2, -0.15) is 0 Å². The summed E-state index contributed by atoms with van der Waals surface area (Å²) < 4.78 is 17.6. The second-order valence-corrected chi connectivity index (χ2v) is 6.22. The average molecular weight is 284 g/mol. The Morgan fingerprint density at radius 2 is 1.86 bits per heavy atom. The van der Waals surface area contributed by atoms with Gasteiger partial charge < -0.3 is 14.2 Å². The lowest BCUT2D eigenvalue weighted by Gasteiger charge is -2.34. The van der Waals surface area contributed by atoms with E-state index in [2.05, 4.69) is 6.08 Å². The van der Waals surface area contributed by atoms with E-state index in [1.54, 1.807) is 0 Å². The van der Waals surface area contributed by atoms with Crippen molar-refractivity contribution < 1.29 is 19.0 Å². The second kappa shape index (κ2) is 4.03. The van der Waals surface area contributed by atoms with Crippen molar-refractivity contribution in [2.75, 3.05) is 13.2 Å². The summed E-state index contributed by atoms with van der Waals surface area (Å²) in [5.74, 6) is -0.452. The van der Waals surface area contributed by atoms with Crippen LogP contribution in [0, 0.1) is 11.8 Å². The molecule has 2 bridgehead atoms. The molecular formula is C17H16O4. The van der Waals surface area contributed by atoms with Crippen molar-refractivity contribution in [2.45, 2.75) is 24.4 Å². The molecule has 4 atom stereocenters. The molecule has 1 aliphatic carbocycles. The maximum atomic E-state index is 12.9. The second-order valence-electron chi connectivity index (χ2n) is 6.22. The number of allylic oxidation sites excluding steroid dienone is 1. The van der Waals surface area contributed by atoms with E-state index in [1.165, 1.54) is 0 Å². The maximum Gasteiger partial charge on any atom is 0.198 e. The monoisotopic (exact) mass is 284 g/mol. The molecule has 0 aromatic heterocycles. The van der Waals surface area contributed by atoms with Gasteiger partial charge in [-0.1, -0.05) is 36.4 Å². The number of hydrogen-bond donors (Lipinski definition) is 0. The van der Waals surface area contributed by atoms with Crippen LogP contribution in [0.25, 0.3) is 5.57 Å². The Bertz CT molecular complexity index is 629. The van der Waals surface area contributed by atoms with Gasteiger partial charge in [-0.3, -0.25) is 4.79 Å². The van der Waals surface area contributed by atoms with Crippen LogP contribution in [0.15, 0.2) is 36.4 Å². The van der Waals surface area contributed by atoms with E-state index >= 15 is 0 Å². The number of carbonyl (C=O) groups is 1. The van der Waals surface area contributed by atoms with Crippen LogP contribution in [0.2, 0.25) is 0 Å². The SMILES string of the molecule is O=C1C(c2ccccc2)=C[C@H]2[C@@H]1[C@H]1O[C@@H]2CC12OCCO2. The third-order valence-corrected chi connectivity index (χ3v) is 5.20. The minimum atomic E-state index is -0.665. The molecule has 3 heterocycles. The average Bonchev–Trinajstić information content (AvgIpc) is 3.25. The normalized spacial score (nSPS) is 39.0. The van der Waals surface area contributed by atoms with Crippen LogP contribution in [0.1, 0.15) is 12.0 Å². The lowest BCUT2D eigenvalue weighted by atomic mass is 9.77. The first-order valence-electron chi connectivity index (χ1n) is 7.53. The van der Waals surface area contributed by atoms with Crippen molar-refractivity contribution in [1.29, 1.82) is 0 Å². The predicted octanol–water partition coefficient (Wildman–Crippen LogP) is 1.80.